The molecule has 30 heavy (non-hydrogen) atoms. The second kappa shape index (κ2) is 9.61. The van der Waals surface area contributed by atoms with Gasteiger partial charge >= 0.3 is 0 Å². The summed E-state index contributed by atoms with van der Waals surface area (Å²) in [5.41, 5.74) is 7.94. The van der Waals surface area contributed by atoms with Crippen molar-refractivity contribution in [3.05, 3.63) is 71.1 Å². The minimum Gasteiger partial charge on any atom is -0.506 e. The number of halogens is 1. The van der Waals surface area contributed by atoms with Crippen molar-refractivity contribution in [3.8, 4) is 5.75 Å². The van der Waals surface area contributed by atoms with Gasteiger partial charge in [-0.05, 0) is 43.4 Å². The Morgan fingerprint density at radius 2 is 2.17 bits per heavy atom. The molecule has 1 aromatic heterocycles. The summed E-state index contributed by atoms with van der Waals surface area (Å²) in [5, 5.41) is 21.8. The maximum Gasteiger partial charge on any atom is 0.177 e. The number of aromatic nitrogens is 1. The summed E-state index contributed by atoms with van der Waals surface area (Å²) in [6, 6.07) is 3.47. The van der Waals surface area contributed by atoms with Crippen LogP contribution in [0.4, 0.5) is 4.39 Å². The lowest BCUT2D eigenvalue weighted by atomic mass is 9.78. The van der Waals surface area contributed by atoms with Gasteiger partial charge in [-0.3, -0.25) is 4.98 Å². The second-order valence-corrected chi connectivity index (χ2v) is 7.63. The first kappa shape index (κ1) is 21.6. The van der Waals surface area contributed by atoms with Crippen LogP contribution in [0, 0.1) is 11.8 Å². The highest BCUT2D eigenvalue weighted by atomic mass is 19.1. The quantitative estimate of drug-likeness (QED) is 0.265. The topological polar surface area (TPSA) is 101 Å². The summed E-state index contributed by atoms with van der Waals surface area (Å²) in [4.78, 5) is 4.72. The zero-order valence-corrected chi connectivity index (χ0v) is 17.3. The Morgan fingerprint density at radius 1 is 1.37 bits per heavy atom. The Balaban J connectivity index is 1.81. The Morgan fingerprint density at radius 3 is 2.83 bits per heavy atom. The smallest absolute Gasteiger partial charge is 0.177 e. The van der Waals surface area contributed by atoms with E-state index in [9.17, 15) is 9.50 Å². The molecule has 3 unspecified atom stereocenters. The molecule has 0 aliphatic heterocycles. The standard InChI is InChI=1S/C23H28FN3O3/c1-3-15-11-20(30-13-21(25)27-29)22(24)14(2)18(15)12-17-9-10-19(28)23(26-17)16-7-5-4-6-8-16/h4-7,9-11,14,16,18,28-29H,3,8,12-13H2,1-2H3,(H2,25,27). The van der Waals surface area contributed by atoms with Crippen LogP contribution in [0.5, 0.6) is 5.75 Å². The summed E-state index contributed by atoms with van der Waals surface area (Å²) in [7, 11) is 0. The molecule has 2 aliphatic carbocycles. The van der Waals surface area contributed by atoms with E-state index in [0.29, 0.717) is 12.1 Å². The van der Waals surface area contributed by atoms with E-state index in [0.717, 1.165) is 24.1 Å². The first-order valence-corrected chi connectivity index (χ1v) is 10.2. The molecular weight excluding hydrogens is 385 g/mol. The molecule has 2 aliphatic rings. The number of nitrogens with zero attached hydrogens (tertiary/aromatic N) is 2. The van der Waals surface area contributed by atoms with Gasteiger partial charge in [0.05, 0.1) is 5.69 Å². The van der Waals surface area contributed by atoms with Crippen LogP contribution in [0.3, 0.4) is 0 Å². The van der Waals surface area contributed by atoms with Gasteiger partial charge in [0, 0.05) is 17.5 Å². The van der Waals surface area contributed by atoms with E-state index in [1.807, 2.05) is 32.1 Å². The van der Waals surface area contributed by atoms with Crippen LogP contribution < -0.4 is 5.73 Å². The van der Waals surface area contributed by atoms with Crippen molar-refractivity contribution in [2.75, 3.05) is 6.61 Å². The number of hydrogen-bond donors (Lipinski definition) is 3. The lowest BCUT2D eigenvalue weighted by molar-refractivity contribution is 0.226. The normalized spacial score (nSPS) is 24.2. The number of hydrogen-bond acceptors (Lipinski definition) is 5. The Labute approximate surface area is 176 Å². The monoisotopic (exact) mass is 413 g/mol. The zero-order valence-electron chi connectivity index (χ0n) is 17.3. The van der Waals surface area contributed by atoms with Gasteiger partial charge in [-0.2, -0.15) is 0 Å². The maximum atomic E-state index is 15.0. The third-order valence-electron chi connectivity index (χ3n) is 5.66. The number of nitrogens with two attached hydrogens (primary N) is 1. The molecule has 160 valence electrons. The zero-order chi connectivity index (χ0) is 21.7. The van der Waals surface area contributed by atoms with Gasteiger partial charge in [-0.15, -0.1) is 0 Å². The van der Waals surface area contributed by atoms with Crippen LogP contribution in [0.25, 0.3) is 0 Å². The van der Waals surface area contributed by atoms with E-state index in [1.54, 1.807) is 18.2 Å². The highest BCUT2D eigenvalue weighted by Crippen LogP contribution is 2.39. The summed E-state index contributed by atoms with van der Waals surface area (Å²) in [5.74, 6) is -0.611. The molecule has 7 heteroatoms. The molecule has 1 aromatic rings. The fraction of sp³-hybridized carbons (Fsp3) is 0.391. The fourth-order valence-corrected chi connectivity index (χ4v) is 3.93. The van der Waals surface area contributed by atoms with Crippen LogP contribution in [0.1, 0.15) is 44.0 Å². The molecule has 3 atom stereocenters. The van der Waals surface area contributed by atoms with Crippen molar-refractivity contribution in [3.63, 3.8) is 0 Å². The van der Waals surface area contributed by atoms with Crippen LogP contribution in [-0.4, -0.2) is 27.7 Å². The molecule has 0 radical (unpaired) electrons. The minimum absolute atomic E-state index is 0.0372. The SMILES string of the molecule is CCC1=CC(OC/C(N)=N/O)=C(F)C(C)C1Cc1ccc(O)c(C2C=CC=CC2)n1. The highest BCUT2D eigenvalue weighted by Gasteiger charge is 2.32. The first-order chi connectivity index (χ1) is 14.4. The largest absolute Gasteiger partial charge is 0.506 e. The molecule has 0 spiro atoms. The Bertz CT molecular complexity index is 934. The molecule has 0 saturated heterocycles. The van der Waals surface area contributed by atoms with Crippen molar-refractivity contribution in [1.82, 2.24) is 4.98 Å². The van der Waals surface area contributed by atoms with E-state index in [1.165, 1.54) is 0 Å². The number of aromatic hydroxyl groups is 1. The number of oxime groups is 1. The van der Waals surface area contributed by atoms with Gasteiger partial charge in [0.1, 0.15) is 18.2 Å². The molecule has 6 nitrogen and oxygen atoms in total. The number of pyridine rings is 1. The summed E-state index contributed by atoms with van der Waals surface area (Å²) in [6.07, 6.45) is 11.8. The first-order valence-electron chi connectivity index (χ1n) is 10.2. The van der Waals surface area contributed by atoms with Crippen molar-refractivity contribution in [2.45, 2.75) is 39.0 Å². The number of amidine groups is 1. The van der Waals surface area contributed by atoms with Crippen molar-refractivity contribution in [2.24, 2.45) is 22.7 Å². The average Bonchev–Trinajstić information content (AvgIpc) is 2.77. The molecule has 1 heterocycles. The number of rotatable bonds is 7. The Hall–Kier alpha value is -3.09. The van der Waals surface area contributed by atoms with Crippen LogP contribution >= 0.6 is 0 Å². The molecular formula is C23H28FN3O3. The third-order valence-corrected chi connectivity index (χ3v) is 5.66. The van der Waals surface area contributed by atoms with Gasteiger partial charge in [-0.25, -0.2) is 4.39 Å². The van der Waals surface area contributed by atoms with Crippen molar-refractivity contribution in [1.29, 1.82) is 0 Å². The van der Waals surface area contributed by atoms with E-state index >= 15 is 0 Å². The van der Waals surface area contributed by atoms with E-state index in [2.05, 4.69) is 11.2 Å². The van der Waals surface area contributed by atoms with Gasteiger partial charge in [0.15, 0.2) is 11.6 Å². The number of ether oxygens (including phenoxy) is 1. The molecule has 0 saturated carbocycles. The van der Waals surface area contributed by atoms with Gasteiger partial charge in [0.2, 0.25) is 0 Å². The van der Waals surface area contributed by atoms with Crippen molar-refractivity contribution < 1.29 is 19.4 Å². The summed E-state index contributed by atoms with van der Waals surface area (Å²) in [6.45, 7) is 3.66. The second-order valence-electron chi connectivity index (χ2n) is 7.63. The van der Waals surface area contributed by atoms with Crippen LogP contribution in [0.15, 0.2) is 64.8 Å². The molecule has 0 amide bonds. The summed E-state index contributed by atoms with van der Waals surface area (Å²) >= 11 is 0. The molecule has 3 rings (SSSR count). The fourth-order valence-electron chi connectivity index (χ4n) is 3.93. The van der Waals surface area contributed by atoms with Crippen molar-refractivity contribution >= 4 is 5.84 Å². The Kier molecular flexibility index (Phi) is 6.92. The lowest BCUT2D eigenvalue weighted by Gasteiger charge is -2.30. The molecule has 4 N–H and O–H groups in total. The average molecular weight is 413 g/mol. The lowest BCUT2D eigenvalue weighted by Crippen LogP contribution is -2.25. The number of allylic oxidation sites excluding steroid dienone is 7. The van der Waals surface area contributed by atoms with E-state index in [-0.39, 0.29) is 41.6 Å². The predicted molar refractivity (Wildman–Crippen MR) is 114 cm³/mol. The van der Waals surface area contributed by atoms with Crippen LogP contribution in [0.2, 0.25) is 0 Å². The third kappa shape index (κ3) is 4.72. The molecule has 0 bridgehead atoms. The predicted octanol–water partition coefficient (Wildman–Crippen LogP) is 4.48. The minimum atomic E-state index is -0.399. The van der Waals surface area contributed by atoms with Gasteiger partial charge < -0.3 is 20.8 Å². The highest BCUT2D eigenvalue weighted by molar-refractivity contribution is 5.81. The maximum absolute atomic E-state index is 15.0. The van der Waals surface area contributed by atoms with Gasteiger partial charge in [-0.1, -0.05) is 48.9 Å². The van der Waals surface area contributed by atoms with Crippen LogP contribution in [-0.2, 0) is 11.2 Å². The molecule has 0 fully saturated rings. The summed E-state index contributed by atoms with van der Waals surface area (Å²) < 4.78 is 20.4. The van der Waals surface area contributed by atoms with E-state index < -0.39 is 5.92 Å². The molecule has 0 aromatic carbocycles. The van der Waals surface area contributed by atoms with Gasteiger partial charge in [0.25, 0.3) is 0 Å². The van der Waals surface area contributed by atoms with E-state index in [4.69, 9.17) is 20.7 Å².